The van der Waals surface area contributed by atoms with Gasteiger partial charge in [-0.15, -0.1) is 0 Å². The fraction of sp³-hybridized carbons (Fsp3) is 0.333. The van der Waals surface area contributed by atoms with Gasteiger partial charge in [-0.05, 0) is 42.1 Å². The van der Waals surface area contributed by atoms with Crippen LogP contribution >= 0.6 is 0 Å². The van der Waals surface area contributed by atoms with E-state index >= 15 is 0 Å². The number of ether oxygens (including phenoxy) is 1. The van der Waals surface area contributed by atoms with Crippen molar-refractivity contribution in [3.05, 3.63) is 70.8 Å². The van der Waals surface area contributed by atoms with Crippen LogP contribution in [0.5, 0.6) is 0 Å². The van der Waals surface area contributed by atoms with Crippen molar-refractivity contribution in [3.8, 4) is 0 Å². The molecule has 104 valence electrons. The molecule has 1 unspecified atom stereocenters. The van der Waals surface area contributed by atoms with Crippen LogP contribution in [0.3, 0.4) is 0 Å². The fourth-order valence-electron chi connectivity index (χ4n) is 2.82. The summed E-state index contributed by atoms with van der Waals surface area (Å²) in [6.45, 7) is 4.67. The lowest BCUT2D eigenvalue weighted by atomic mass is 9.98. The summed E-state index contributed by atoms with van der Waals surface area (Å²) >= 11 is 0. The highest BCUT2D eigenvalue weighted by Crippen LogP contribution is 2.24. The molecule has 0 fully saturated rings. The summed E-state index contributed by atoms with van der Waals surface area (Å²) in [5.41, 5.74) is 5.50. The third-order valence-corrected chi connectivity index (χ3v) is 4.02. The van der Waals surface area contributed by atoms with Crippen LogP contribution in [0, 0.1) is 6.92 Å². The van der Waals surface area contributed by atoms with Gasteiger partial charge in [0.2, 0.25) is 0 Å². The predicted molar refractivity (Wildman–Crippen MR) is 81.7 cm³/mol. The Morgan fingerprint density at radius 1 is 1.10 bits per heavy atom. The van der Waals surface area contributed by atoms with Gasteiger partial charge in [0.25, 0.3) is 0 Å². The topological polar surface area (TPSA) is 21.3 Å². The van der Waals surface area contributed by atoms with Crippen LogP contribution in [-0.4, -0.2) is 13.2 Å². The molecule has 0 aliphatic carbocycles. The third-order valence-electron chi connectivity index (χ3n) is 4.02. The summed E-state index contributed by atoms with van der Waals surface area (Å²) in [7, 11) is 0. The van der Waals surface area contributed by atoms with Crippen LogP contribution in [0.2, 0.25) is 0 Å². The largest absolute Gasteiger partial charge is 0.375 e. The molecule has 1 aliphatic rings. The summed E-state index contributed by atoms with van der Waals surface area (Å²) in [6, 6.07) is 17.5. The van der Waals surface area contributed by atoms with Crippen LogP contribution in [-0.2, 0) is 17.8 Å². The number of benzene rings is 2. The molecule has 0 amide bonds. The van der Waals surface area contributed by atoms with E-state index in [2.05, 4.69) is 60.8 Å². The number of hydrogen-bond acceptors (Lipinski definition) is 2. The van der Waals surface area contributed by atoms with Crippen molar-refractivity contribution in [3.63, 3.8) is 0 Å². The quantitative estimate of drug-likeness (QED) is 0.916. The Kier molecular flexibility index (Phi) is 4.14. The Morgan fingerprint density at radius 3 is 2.80 bits per heavy atom. The first kappa shape index (κ1) is 13.3. The Hall–Kier alpha value is -1.64. The Balaban J connectivity index is 1.61. The zero-order valence-corrected chi connectivity index (χ0v) is 11.9. The van der Waals surface area contributed by atoms with Crippen LogP contribution in [0.25, 0.3) is 0 Å². The van der Waals surface area contributed by atoms with Gasteiger partial charge in [-0.2, -0.15) is 0 Å². The summed E-state index contributed by atoms with van der Waals surface area (Å²) in [4.78, 5) is 0. The molecule has 1 N–H and O–H groups in total. The Morgan fingerprint density at radius 2 is 1.90 bits per heavy atom. The molecule has 0 bridgehead atoms. The maximum Gasteiger partial charge on any atom is 0.0721 e. The first-order valence-electron chi connectivity index (χ1n) is 7.28. The average Bonchev–Trinajstić information content (AvgIpc) is 2.49. The van der Waals surface area contributed by atoms with E-state index in [-0.39, 0.29) is 0 Å². The van der Waals surface area contributed by atoms with E-state index in [9.17, 15) is 0 Å². The second-order valence-electron chi connectivity index (χ2n) is 5.40. The number of hydrogen-bond donors (Lipinski definition) is 1. The molecule has 0 spiro atoms. The maximum absolute atomic E-state index is 5.67. The average molecular weight is 267 g/mol. The summed E-state index contributed by atoms with van der Waals surface area (Å²) < 4.78 is 5.67. The summed E-state index contributed by atoms with van der Waals surface area (Å²) in [5.74, 6) is 0. The smallest absolute Gasteiger partial charge is 0.0721 e. The summed E-state index contributed by atoms with van der Waals surface area (Å²) in [6.07, 6.45) is 1.06. The van der Waals surface area contributed by atoms with E-state index < -0.39 is 0 Å². The van der Waals surface area contributed by atoms with Crippen LogP contribution in [0.1, 0.15) is 28.3 Å². The molecule has 3 rings (SSSR count). The number of aryl methyl sites for hydroxylation is 1. The van der Waals surface area contributed by atoms with Gasteiger partial charge in [0.15, 0.2) is 0 Å². The molecule has 1 atom stereocenters. The van der Waals surface area contributed by atoms with Gasteiger partial charge >= 0.3 is 0 Å². The minimum atomic E-state index is 0.323. The van der Waals surface area contributed by atoms with Crippen molar-refractivity contribution in [1.82, 2.24) is 5.32 Å². The van der Waals surface area contributed by atoms with Crippen molar-refractivity contribution in [2.45, 2.75) is 26.0 Å². The highest BCUT2D eigenvalue weighted by atomic mass is 16.5. The number of nitrogens with one attached hydrogen (secondary N) is 1. The number of rotatable bonds is 4. The minimum absolute atomic E-state index is 0.323. The van der Waals surface area contributed by atoms with E-state index in [1.807, 2.05) is 0 Å². The Labute approximate surface area is 120 Å². The molecule has 20 heavy (non-hydrogen) atoms. The molecule has 2 aromatic carbocycles. The van der Waals surface area contributed by atoms with Gasteiger partial charge in [-0.1, -0.05) is 48.5 Å². The molecular weight excluding hydrogens is 246 g/mol. The zero-order valence-electron chi connectivity index (χ0n) is 11.9. The molecule has 0 aromatic heterocycles. The van der Waals surface area contributed by atoms with Gasteiger partial charge in [0.1, 0.15) is 0 Å². The van der Waals surface area contributed by atoms with Crippen molar-refractivity contribution in [2.24, 2.45) is 0 Å². The Bertz CT molecular complexity index is 579. The molecule has 0 saturated heterocycles. The lowest BCUT2D eigenvalue weighted by Crippen LogP contribution is -2.31. The molecule has 2 aromatic rings. The van der Waals surface area contributed by atoms with Gasteiger partial charge in [0.05, 0.1) is 19.3 Å². The van der Waals surface area contributed by atoms with Crippen LogP contribution in [0.15, 0.2) is 48.5 Å². The second kappa shape index (κ2) is 6.21. The van der Waals surface area contributed by atoms with Crippen molar-refractivity contribution < 1.29 is 4.74 Å². The minimum Gasteiger partial charge on any atom is -0.375 e. The standard InChI is InChI=1S/C18H21NO/c1-14-6-2-3-7-15(14)10-11-19-18-13-20-12-16-8-4-5-9-17(16)18/h2-9,18-19H,10-13H2,1H3. The van der Waals surface area contributed by atoms with E-state index in [1.54, 1.807) is 0 Å². The van der Waals surface area contributed by atoms with E-state index in [1.165, 1.54) is 22.3 Å². The fourth-order valence-corrected chi connectivity index (χ4v) is 2.82. The normalized spacial score (nSPS) is 17.8. The van der Waals surface area contributed by atoms with E-state index in [4.69, 9.17) is 4.74 Å². The lowest BCUT2D eigenvalue weighted by molar-refractivity contribution is 0.0824. The maximum atomic E-state index is 5.67. The van der Waals surface area contributed by atoms with Crippen LogP contribution in [0.4, 0.5) is 0 Å². The molecule has 1 heterocycles. The highest BCUT2D eigenvalue weighted by molar-refractivity contribution is 5.31. The molecule has 0 radical (unpaired) electrons. The second-order valence-corrected chi connectivity index (χ2v) is 5.40. The lowest BCUT2D eigenvalue weighted by Gasteiger charge is -2.26. The molecule has 0 saturated carbocycles. The van der Waals surface area contributed by atoms with Crippen molar-refractivity contribution in [2.75, 3.05) is 13.2 Å². The van der Waals surface area contributed by atoms with Gasteiger partial charge < -0.3 is 10.1 Å². The first-order valence-corrected chi connectivity index (χ1v) is 7.28. The van der Waals surface area contributed by atoms with E-state index in [0.29, 0.717) is 6.04 Å². The SMILES string of the molecule is Cc1ccccc1CCNC1COCc2ccccc21. The van der Waals surface area contributed by atoms with Gasteiger partial charge in [0, 0.05) is 0 Å². The van der Waals surface area contributed by atoms with E-state index in [0.717, 1.165) is 26.2 Å². The van der Waals surface area contributed by atoms with Crippen LogP contribution < -0.4 is 5.32 Å². The summed E-state index contributed by atoms with van der Waals surface area (Å²) in [5, 5.41) is 3.63. The monoisotopic (exact) mass is 267 g/mol. The molecular formula is C18H21NO. The molecule has 2 nitrogen and oxygen atoms in total. The zero-order chi connectivity index (χ0) is 13.8. The first-order chi connectivity index (χ1) is 9.84. The van der Waals surface area contributed by atoms with Crippen molar-refractivity contribution >= 4 is 0 Å². The van der Waals surface area contributed by atoms with Gasteiger partial charge in [-0.3, -0.25) is 0 Å². The molecule has 2 heteroatoms. The predicted octanol–water partition coefficient (Wildman–Crippen LogP) is 3.40. The number of fused-ring (bicyclic) bond motifs is 1. The third kappa shape index (κ3) is 2.92. The molecule has 1 aliphatic heterocycles. The van der Waals surface area contributed by atoms with Crippen molar-refractivity contribution in [1.29, 1.82) is 0 Å². The van der Waals surface area contributed by atoms with Gasteiger partial charge in [-0.25, -0.2) is 0 Å². The highest BCUT2D eigenvalue weighted by Gasteiger charge is 2.19.